The summed E-state index contributed by atoms with van der Waals surface area (Å²) in [6, 6.07) is 14.8. The van der Waals surface area contributed by atoms with Gasteiger partial charge in [-0.3, -0.25) is 4.79 Å². The minimum atomic E-state index is -3.66. The first-order valence-electron chi connectivity index (χ1n) is 10.8. The van der Waals surface area contributed by atoms with E-state index in [0.29, 0.717) is 57.9 Å². The van der Waals surface area contributed by atoms with Gasteiger partial charge in [-0.05, 0) is 30.2 Å². The number of rotatable bonds is 9. The van der Waals surface area contributed by atoms with Crippen LogP contribution in [0.3, 0.4) is 0 Å². The Morgan fingerprint density at radius 1 is 1.06 bits per heavy atom. The van der Waals surface area contributed by atoms with Crippen molar-refractivity contribution in [3.63, 3.8) is 0 Å². The van der Waals surface area contributed by atoms with Gasteiger partial charge < -0.3 is 15.0 Å². The lowest BCUT2D eigenvalue weighted by atomic mass is 10.1. The van der Waals surface area contributed by atoms with E-state index in [1.165, 1.54) is 10.4 Å². The zero-order valence-corrected chi connectivity index (χ0v) is 19.0. The lowest BCUT2D eigenvalue weighted by molar-refractivity contribution is 0.0952. The summed E-state index contributed by atoms with van der Waals surface area (Å²) in [5, 5.41) is 2.96. The van der Waals surface area contributed by atoms with Crippen molar-refractivity contribution < 1.29 is 17.9 Å². The lowest BCUT2D eigenvalue weighted by Crippen LogP contribution is -2.38. The van der Waals surface area contributed by atoms with Crippen LogP contribution in [0.25, 0.3) is 0 Å². The van der Waals surface area contributed by atoms with Gasteiger partial charge in [-0.1, -0.05) is 44.2 Å². The van der Waals surface area contributed by atoms with Crippen LogP contribution in [0.1, 0.15) is 29.8 Å². The quantitative estimate of drug-likeness (QED) is 0.642. The summed E-state index contributed by atoms with van der Waals surface area (Å²) in [6.45, 7) is 7.31. The minimum Gasteiger partial charge on any atom is -0.378 e. The van der Waals surface area contributed by atoms with Crippen molar-refractivity contribution in [2.24, 2.45) is 0 Å². The fourth-order valence-corrected chi connectivity index (χ4v) is 5.20. The maximum Gasteiger partial charge on any atom is 0.253 e. The van der Waals surface area contributed by atoms with Crippen LogP contribution in [0, 0.1) is 0 Å². The first-order chi connectivity index (χ1) is 15.0. The van der Waals surface area contributed by atoms with E-state index in [9.17, 15) is 13.2 Å². The topological polar surface area (TPSA) is 79.0 Å². The summed E-state index contributed by atoms with van der Waals surface area (Å²) < 4.78 is 32.9. The number of anilines is 1. The van der Waals surface area contributed by atoms with Crippen molar-refractivity contribution in [2.75, 3.05) is 50.8 Å². The van der Waals surface area contributed by atoms with Crippen LogP contribution >= 0.6 is 0 Å². The van der Waals surface area contributed by atoms with E-state index in [1.807, 2.05) is 30.3 Å². The van der Waals surface area contributed by atoms with Gasteiger partial charge in [0.25, 0.3) is 5.91 Å². The van der Waals surface area contributed by atoms with E-state index < -0.39 is 10.0 Å². The molecule has 31 heavy (non-hydrogen) atoms. The highest BCUT2D eigenvalue weighted by atomic mass is 32.2. The van der Waals surface area contributed by atoms with Crippen molar-refractivity contribution in [1.82, 2.24) is 9.62 Å². The summed E-state index contributed by atoms with van der Waals surface area (Å²) >= 11 is 0. The molecule has 1 heterocycles. The van der Waals surface area contributed by atoms with Crippen molar-refractivity contribution in [3.8, 4) is 0 Å². The summed E-state index contributed by atoms with van der Waals surface area (Å²) in [7, 11) is -3.66. The first kappa shape index (κ1) is 23.2. The van der Waals surface area contributed by atoms with E-state index in [0.717, 1.165) is 11.3 Å². The predicted octanol–water partition coefficient (Wildman–Crippen LogP) is 2.53. The highest BCUT2D eigenvalue weighted by molar-refractivity contribution is 7.89. The largest absolute Gasteiger partial charge is 0.378 e. The molecular weight excluding hydrogens is 414 g/mol. The Hall–Kier alpha value is -2.42. The number of sulfonamides is 1. The number of hydrogen-bond donors (Lipinski definition) is 1. The summed E-state index contributed by atoms with van der Waals surface area (Å²) in [5.74, 6) is -0.269. The monoisotopic (exact) mass is 445 g/mol. The van der Waals surface area contributed by atoms with Gasteiger partial charge >= 0.3 is 0 Å². The molecule has 3 rings (SSSR count). The van der Waals surface area contributed by atoms with E-state index in [2.05, 4.69) is 10.2 Å². The second-order valence-electron chi connectivity index (χ2n) is 7.36. The molecule has 0 spiro atoms. The fourth-order valence-electron chi connectivity index (χ4n) is 3.71. The van der Waals surface area contributed by atoms with Gasteiger partial charge in [-0.2, -0.15) is 4.31 Å². The summed E-state index contributed by atoms with van der Waals surface area (Å²) in [5.41, 5.74) is 2.25. The molecule has 0 saturated carbocycles. The Morgan fingerprint density at radius 2 is 1.74 bits per heavy atom. The highest BCUT2D eigenvalue weighted by Crippen LogP contribution is 2.27. The third kappa shape index (κ3) is 5.64. The number of amides is 1. The minimum absolute atomic E-state index is 0.140. The van der Waals surface area contributed by atoms with Gasteiger partial charge in [0, 0.05) is 38.4 Å². The molecule has 0 bridgehead atoms. The van der Waals surface area contributed by atoms with Gasteiger partial charge in [0.15, 0.2) is 0 Å². The molecule has 1 fully saturated rings. The van der Waals surface area contributed by atoms with Crippen molar-refractivity contribution >= 4 is 21.6 Å². The molecular formula is C23H31N3O4S. The maximum absolute atomic E-state index is 13.1. The number of benzene rings is 2. The first-order valence-corrected chi connectivity index (χ1v) is 12.2. The zero-order chi connectivity index (χ0) is 22.3. The molecule has 1 N–H and O–H groups in total. The van der Waals surface area contributed by atoms with Crippen LogP contribution in [-0.2, 0) is 21.2 Å². The molecule has 0 aliphatic carbocycles. The number of carbonyl (C=O) groups excluding carboxylic acids is 1. The normalized spacial score (nSPS) is 14.6. The number of morpholine rings is 1. The fraction of sp³-hybridized carbons (Fsp3) is 0.435. The van der Waals surface area contributed by atoms with Crippen LogP contribution < -0.4 is 10.2 Å². The third-order valence-electron chi connectivity index (χ3n) is 5.45. The molecule has 1 aliphatic heterocycles. The van der Waals surface area contributed by atoms with Gasteiger partial charge in [0.05, 0.1) is 23.7 Å². The van der Waals surface area contributed by atoms with Crippen LogP contribution in [0.2, 0.25) is 0 Å². The molecule has 8 heteroatoms. The van der Waals surface area contributed by atoms with Gasteiger partial charge in [-0.25, -0.2) is 8.42 Å². The number of hydrogen-bond acceptors (Lipinski definition) is 5. The molecule has 2 aromatic rings. The van der Waals surface area contributed by atoms with E-state index in [1.54, 1.807) is 26.0 Å². The van der Waals surface area contributed by atoms with Crippen molar-refractivity contribution in [2.45, 2.75) is 25.2 Å². The Bertz CT molecular complexity index is 970. The molecule has 1 aliphatic rings. The van der Waals surface area contributed by atoms with Gasteiger partial charge in [0.1, 0.15) is 0 Å². The highest BCUT2D eigenvalue weighted by Gasteiger charge is 2.26. The Labute approximate surface area is 185 Å². The predicted molar refractivity (Wildman–Crippen MR) is 122 cm³/mol. The van der Waals surface area contributed by atoms with Crippen LogP contribution in [0.5, 0.6) is 0 Å². The number of ether oxygens (including phenoxy) is 1. The molecule has 0 radical (unpaired) electrons. The Balaban J connectivity index is 1.87. The van der Waals surface area contributed by atoms with Crippen LogP contribution in [0.15, 0.2) is 53.4 Å². The van der Waals surface area contributed by atoms with Crippen molar-refractivity contribution in [1.29, 1.82) is 0 Å². The SMILES string of the molecule is CCN(CC)S(=O)(=O)c1ccc(N2CCOCC2)c(C(=O)NCCc2ccccc2)c1. The van der Waals surface area contributed by atoms with E-state index in [4.69, 9.17) is 4.74 Å². The second kappa shape index (κ2) is 10.7. The van der Waals surface area contributed by atoms with E-state index in [-0.39, 0.29) is 10.8 Å². The average molecular weight is 446 g/mol. The molecule has 1 amide bonds. The van der Waals surface area contributed by atoms with E-state index >= 15 is 0 Å². The Kier molecular flexibility index (Phi) is 8.06. The maximum atomic E-state index is 13.1. The summed E-state index contributed by atoms with van der Waals surface area (Å²) in [4.78, 5) is 15.3. The number of carbonyl (C=O) groups is 1. The zero-order valence-electron chi connectivity index (χ0n) is 18.2. The van der Waals surface area contributed by atoms with Crippen LogP contribution in [-0.4, -0.2) is 64.6 Å². The molecule has 7 nitrogen and oxygen atoms in total. The molecule has 0 aromatic heterocycles. The molecule has 2 aromatic carbocycles. The number of nitrogens with one attached hydrogen (secondary N) is 1. The standard InChI is InChI=1S/C23H31N3O4S/c1-3-26(4-2)31(28,29)20-10-11-22(25-14-16-30-17-15-25)21(18-20)23(27)24-13-12-19-8-6-5-7-9-19/h5-11,18H,3-4,12-17H2,1-2H3,(H,24,27). The molecule has 168 valence electrons. The Morgan fingerprint density at radius 3 is 2.39 bits per heavy atom. The van der Waals surface area contributed by atoms with Crippen molar-refractivity contribution in [3.05, 3.63) is 59.7 Å². The van der Waals surface area contributed by atoms with Crippen LogP contribution in [0.4, 0.5) is 5.69 Å². The summed E-state index contributed by atoms with van der Waals surface area (Å²) in [6.07, 6.45) is 0.705. The molecule has 0 unspecified atom stereocenters. The number of nitrogens with zero attached hydrogens (tertiary/aromatic N) is 2. The molecule has 0 atom stereocenters. The average Bonchev–Trinajstić information content (AvgIpc) is 2.80. The lowest BCUT2D eigenvalue weighted by Gasteiger charge is -2.30. The third-order valence-corrected chi connectivity index (χ3v) is 7.50. The second-order valence-corrected chi connectivity index (χ2v) is 9.30. The molecule has 1 saturated heterocycles. The smallest absolute Gasteiger partial charge is 0.253 e. The van der Waals surface area contributed by atoms with Gasteiger partial charge in [-0.15, -0.1) is 0 Å². The van der Waals surface area contributed by atoms with Gasteiger partial charge in [0.2, 0.25) is 10.0 Å².